The number of hydrogen-bond donors (Lipinski definition) is 2. The topological polar surface area (TPSA) is 107 Å². The number of aliphatic carboxylic acids is 1. The van der Waals surface area contributed by atoms with Gasteiger partial charge in [-0.3, -0.25) is 4.79 Å². The van der Waals surface area contributed by atoms with Gasteiger partial charge in [-0.2, -0.15) is 4.72 Å². The van der Waals surface area contributed by atoms with Gasteiger partial charge in [0.15, 0.2) is 0 Å². The van der Waals surface area contributed by atoms with Crippen molar-refractivity contribution < 1.29 is 32.2 Å². The van der Waals surface area contributed by atoms with Crippen LogP contribution in [0.15, 0.2) is 77.8 Å². The largest absolute Gasteiger partial charge is 0.497 e. The molecule has 0 saturated carbocycles. The number of rotatable bonds is 11. The van der Waals surface area contributed by atoms with E-state index in [-0.39, 0.29) is 23.7 Å². The second kappa shape index (κ2) is 12.0. The highest BCUT2D eigenvalue weighted by Gasteiger charge is 2.27. The lowest BCUT2D eigenvalue weighted by Crippen LogP contribution is -2.42. The van der Waals surface area contributed by atoms with Gasteiger partial charge in [-0.1, -0.05) is 18.1 Å². The number of ether oxygens (including phenoxy) is 2. The average Bonchev–Trinajstić information content (AvgIpc) is 3.24. The maximum absolute atomic E-state index is 13.8. The van der Waals surface area contributed by atoms with Crippen molar-refractivity contribution in [1.29, 1.82) is 0 Å². The van der Waals surface area contributed by atoms with Crippen LogP contribution in [0.4, 0.5) is 4.39 Å². The molecule has 202 valence electrons. The lowest BCUT2D eigenvalue weighted by Gasteiger charge is -2.15. The van der Waals surface area contributed by atoms with Gasteiger partial charge in [0.25, 0.3) is 0 Å². The number of fused-ring (bicyclic) bond motifs is 1. The van der Waals surface area contributed by atoms with Crippen molar-refractivity contribution in [3.8, 4) is 23.3 Å². The zero-order valence-electron chi connectivity index (χ0n) is 21.3. The molecule has 0 spiro atoms. The summed E-state index contributed by atoms with van der Waals surface area (Å²) in [5.74, 6) is 4.75. The molecule has 0 fully saturated rings. The van der Waals surface area contributed by atoms with E-state index in [4.69, 9.17) is 9.47 Å². The van der Waals surface area contributed by atoms with Crippen LogP contribution in [0.1, 0.15) is 18.1 Å². The Hall–Kier alpha value is -4.33. The standard InChI is InChI=1S/C29H27FN2O6S/c1-3-4-14-38-23-8-11-25(12-9-23)39(35,36)31-27(29(33)34)16-21-19-32(18-20-6-5-7-22(30)15-20)28-13-10-24(37-2)17-26(21)28/h5-13,15,17,19,27,31H,14,16,18H2,1-2H3,(H,33,34)/t27-/m0/s1. The van der Waals surface area contributed by atoms with Gasteiger partial charge in [-0.25, -0.2) is 12.8 Å². The minimum Gasteiger partial charge on any atom is -0.497 e. The number of carboxylic acid groups (broad SMARTS) is 1. The Morgan fingerprint density at radius 3 is 2.51 bits per heavy atom. The Bertz CT molecular complexity index is 1650. The van der Waals surface area contributed by atoms with Crippen LogP contribution < -0.4 is 14.2 Å². The molecule has 3 aromatic carbocycles. The van der Waals surface area contributed by atoms with Gasteiger partial charge in [0.05, 0.1) is 12.0 Å². The molecule has 1 aromatic heterocycles. The van der Waals surface area contributed by atoms with Crippen LogP contribution in [0.5, 0.6) is 11.5 Å². The third-order valence-corrected chi connectivity index (χ3v) is 7.54. The molecule has 2 N–H and O–H groups in total. The fourth-order valence-electron chi connectivity index (χ4n) is 4.16. The molecule has 4 rings (SSSR count). The number of methoxy groups -OCH3 is 1. The molecule has 8 nitrogen and oxygen atoms in total. The lowest BCUT2D eigenvalue weighted by molar-refractivity contribution is -0.138. The van der Waals surface area contributed by atoms with Crippen molar-refractivity contribution in [2.24, 2.45) is 0 Å². The van der Waals surface area contributed by atoms with E-state index in [1.807, 2.05) is 10.6 Å². The average molecular weight is 551 g/mol. The highest BCUT2D eigenvalue weighted by atomic mass is 32.2. The van der Waals surface area contributed by atoms with Gasteiger partial charge in [-0.15, -0.1) is 5.92 Å². The second-order valence-electron chi connectivity index (χ2n) is 8.70. The van der Waals surface area contributed by atoms with Gasteiger partial charge in [0.2, 0.25) is 10.0 Å². The molecule has 1 atom stereocenters. The van der Waals surface area contributed by atoms with E-state index in [1.54, 1.807) is 37.4 Å². The first-order valence-electron chi connectivity index (χ1n) is 12.0. The number of carboxylic acids is 1. The third-order valence-electron chi connectivity index (χ3n) is 6.05. The van der Waals surface area contributed by atoms with Crippen LogP contribution in [0, 0.1) is 17.7 Å². The molecule has 0 aliphatic heterocycles. The lowest BCUT2D eigenvalue weighted by atomic mass is 10.1. The van der Waals surface area contributed by atoms with E-state index in [1.165, 1.54) is 43.5 Å². The Morgan fingerprint density at radius 1 is 1.10 bits per heavy atom. The van der Waals surface area contributed by atoms with Gasteiger partial charge < -0.3 is 19.1 Å². The molecule has 0 radical (unpaired) electrons. The van der Waals surface area contributed by atoms with Gasteiger partial charge in [0, 0.05) is 30.1 Å². The van der Waals surface area contributed by atoms with Crippen LogP contribution in [-0.2, 0) is 27.8 Å². The fourth-order valence-corrected chi connectivity index (χ4v) is 5.35. The maximum Gasteiger partial charge on any atom is 0.322 e. The summed E-state index contributed by atoms with van der Waals surface area (Å²) in [4.78, 5) is 12.1. The fraction of sp³-hybridized carbons (Fsp3) is 0.207. The molecule has 0 aliphatic rings. The molecule has 0 unspecified atom stereocenters. The minimum absolute atomic E-state index is 0.0992. The van der Waals surface area contributed by atoms with Crippen molar-refractivity contribution in [3.05, 3.63) is 89.9 Å². The van der Waals surface area contributed by atoms with E-state index < -0.39 is 22.0 Å². The number of benzene rings is 3. The van der Waals surface area contributed by atoms with Crippen molar-refractivity contribution in [1.82, 2.24) is 9.29 Å². The van der Waals surface area contributed by atoms with Gasteiger partial charge >= 0.3 is 5.97 Å². The van der Waals surface area contributed by atoms with E-state index in [0.717, 1.165) is 11.1 Å². The van der Waals surface area contributed by atoms with Gasteiger partial charge in [-0.05, 0) is 72.6 Å². The monoisotopic (exact) mass is 550 g/mol. The smallest absolute Gasteiger partial charge is 0.322 e. The molecule has 0 aliphatic carbocycles. The number of carbonyl (C=O) groups is 1. The van der Waals surface area contributed by atoms with Crippen LogP contribution in [0.3, 0.4) is 0 Å². The number of hydrogen-bond acceptors (Lipinski definition) is 5. The highest BCUT2D eigenvalue weighted by molar-refractivity contribution is 7.89. The summed E-state index contributed by atoms with van der Waals surface area (Å²) < 4.78 is 54.8. The molecular formula is C29H27FN2O6S. The molecule has 10 heteroatoms. The van der Waals surface area contributed by atoms with Crippen LogP contribution in [0.2, 0.25) is 0 Å². The molecule has 0 bridgehead atoms. The predicted octanol–water partition coefficient (Wildman–Crippen LogP) is 4.21. The van der Waals surface area contributed by atoms with E-state index >= 15 is 0 Å². The summed E-state index contributed by atoms with van der Waals surface area (Å²) in [6, 6.07) is 15.7. The number of aromatic nitrogens is 1. The van der Waals surface area contributed by atoms with Crippen molar-refractivity contribution in [3.63, 3.8) is 0 Å². The van der Waals surface area contributed by atoms with Crippen LogP contribution >= 0.6 is 0 Å². The maximum atomic E-state index is 13.8. The van der Waals surface area contributed by atoms with E-state index in [0.29, 0.717) is 29.0 Å². The zero-order chi connectivity index (χ0) is 28.0. The Kier molecular flexibility index (Phi) is 8.54. The van der Waals surface area contributed by atoms with Crippen LogP contribution in [0.25, 0.3) is 10.9 Å². The summed E-state index contributed by atoms with van der Waals surface area (Å²) in [6.45, 7) is 2.18. The summed E-state index contributed by atoms with van der Waals surface area (Å²) in [6.07, 6.45) is 1.62. The summed E-state index contributed by atoms with van der Waals surface area (Å²) >= 11 is 0. The van der Waals surface area contributed by atoms with Crippen LogP contribution in [-0.4, -0.2) is 43.8 Å². The zero-order valence-corrected chi connectivity index (χ0v) is 22.2. The quantitative estimate of drug-likeness (QED) is 0.271. The number of nitrogens with zero attached hydrogens (tertiary/aromatic N) is 1. The Labute approximate surface area is 226 Å². The van der Waals surface area contributed by atoms with E-state index in [2.05, 4.69) is 16.6 Å². The number of nitrogens with one attached hydrogen (secondary N) is 1. The van der Waals surface area contributed by atoms with Crippen molar-refractivity contribution in [2.75, 3.05) is 13.7 Å². The predicted molar refractivity (Wildman–Crippen MR) is 145 cm³/mol. The SMILES string of the molecule is CC#CCOc1ccc(S(=O)(=O)N[C@@H](Cc2cn(Cc3cccc(F)c3)c3ccc(OC)cc23)C(=O)O)cc1. The Morgan fingerprint density at radius 2 is 1.85 bits per heavy atom. The number of sulfonamides is 1. The molecule has 0 saturated heterocycles. The molecule has 0 amide bonds. The third kappa shape index (κ3) is 6.76. The van der Waals surface area contributed by atoms with Gasteiger partial charge in [0.1, 0.15) is 30.0 Å². The van der Waals surface area contributed by atoms with Crippen molar-refractivity contribution >= 4 is 26.9 Å². The summed E-state index contributed by atoms with van der Waals surface area (Å²) in [7, 11) is -2.65. The highest BCUT2D eigenvalue weighted by Crippen LogP contribution is 2.28. The molecule has 1 heterocycles. The first-order valence-corrected chi connectivity index (χ1v) is 13.5. The molecular weight excluding hydrogens is 523 g/mol. The second-order valence-corrected chi connectivity index (χ2v) is 10.4. The summed E-state index contributed by atoms with van der Waals surface area (Å²) in [5, 5.41) is 10.6. The summed E-state index contributed by atoms with van der Waals surface area (Å²) in [5.41, 5.74) is 2.08. The molecule has 39 heavy (non-hydrogen) atoms. The van der Waals surface area contributed by atoms with E-state index in [9.17, 15) is 22.7 Å². The first-order chi connectivity index (χ1) is 18.7. The first kappa shape index (κ1) is 27.7. The number of halogens is 1. The Balaban J connectivity index is 1.62. The normalized spacial score (nSPS) is 12.0. The minimum atomic E-state index is -4.17. The molecule has 4 aromatic rings. The van der Waals surface area contributed by atoms with Crippen molar-refractivity contribution in [2.45, 2.75) is 30.8 Å².